The van der Waals surface area contributed by atoms with Crippen LogP contribution in [-0.4, -0.2) is 38.0 Å². The predicted molar refractivity (Wildman–Crippen MR) is 101 cm³/mol. The van der Waals surface area contributed by atoms with Crippen LogP contribution in [0.15, 0.2) is 47.1 Å². The van der Waals surface area contributed by atoms with Gasteiger partial charge in [0.05, 0.1) is 19.1 Å². The number of hydrogen-bond acceptors (Lipinski definition) is 4. The van der Waals surface area contributed by atoms with Crippen molar-refractivity contribution in [3.63, 3.8) is 0 Å². The van der Waals surface area contributed by atoms with E-state index in [0.717, 1.165) is 11.8 Å². The second-order valence-electron chi connectivity index (χ2n) is 7.26. The average Bonchev–Trinajstić information content (AvgIpc) is 3.05. The first-order valence-corrected chi connectivity index (χ1v) is 10.3. The van der Waals surface area contributed by atoms with Crippen molar-refractivity contribution < 1.29 is 17.6 Å². The second-order valence-corrected chi connectivity index (χ2v) is 9.24. The van der Waals surface area contributed by atoms with Crippen molar-refractivity contribution in [3.05, 3.63) is 59.5 Å². The van der Waals surface area contributed by atoms with Gasteiger partial charge in [-0.1, -0.05) is 32.9 Å². The number of nitrogens with zero attached hydrogens (tertiary/aromatic N) is 1. The molecule has 1 aromatic heterocycles. The number of sulfonamides is 1. The summed E-state index contributed by atoms with van der Waals surface area (Å²) in [7, 11) is -3.40. The van der Waals surface area contributed by atoms with E-state index in [1.54, 1.807) is 24.3 Å². The van der Waals surface area contributed by atoms with Gasteiger partial charge in [0.25, 0.3) is 5.91 Å². The van der Waals surface area contributed by atoms with Crippen LogP contribution in [0.1, 0.15) is 42.5 Å². The highest BCUT2D eigenvalue weighted by Gasteiger charge is 2.19. The van der Waals surface area contributed by atoms with Gasteiger partial charge >= 0.3 is 0 Å². The van der Waals surface area contributed by atoms with E-state index in [1.807, 2.05) is 12.1 Å². The Morgan fingerprint density at radius 1 is 1.15 bits per heavy atom. The zero-order chi connectivity index (χ0) is 19.4. The van der Waals surface area contributed by atoms with Crippen LogP contribution in [0.25, 0.3) is 0 Å². The summed E-state index contributed by atoms with van der Waals surface area (Å²) in [4.78, 5) is 12.3. The third-order valence-electron chi connectivity index (χ3n) is 4.04. The van der Waals surface area contributed by atoms with Crippen molar-refractivity contribution in [2.45, 2.75) is 32.7 Å². The normalized spacial score (nSPS) is 12.3. The molecule has 1 aromatic carbocycles. The summed E-state index contributed by atoms with van der Waals surface area (Å²) in [6.45, 7) is 6.86. The third kappa shape index (κ3) is 5.71. The van der Waals surface area contributed by atoms with Crippen LogP contribution in [0.5, 0.6) is 0 Å². The smallest absolute Gasteiger partial charge is 0.251 e. The molecule has 1 N–H and O–H groups in total. The molecule has 0 fully saturated rings. The fourth-order valence-corrected chi connectivity index (χ4v) is 3.24. The molecule has 7 heteroatoms. The number of furan rings is 1. The topological polar surface area (TPSA) is 79.6 Å². The van der Waals surface area contributed by atoms with E-state index in [2.05, 4.69) is 26.1 Å². The molecule has 0 spiro atoms. The van der Waals surface area contributed by atoms with Crippen molar-refractivity contribution in [2.75, 3.05) is 19.3 Å². The number of carbonyl (C=O) groups excluding carboxylic acids is 1. The molecule has 2 rings (SSSR count). The zero-order valence-corrected chi connectivity index (χ0v) is 16.5. The molecule has 2 aromatic rings. The maximum atomic E-state index is 12.3. The lowest BCUT2D eigenvalue weighted by molar-refractivity contribution is 0.0951. The zero-order valence-electron chi connectivity index (χ0n) is 15.7. The molecule has 6 nitrogen and oxygen atoms in total. The average molecular weight is 378 g/mol. The van der Waals surface area contributed by atoms with Crippen LogP contribution in [-0.2, 0) is 22.0 Å². The van der Waals surface area contributed by atoms with Crippen LogP contribution in [0.3, 0.4) is 0 Å². The first kappa shape index (κ1) is 20.2. The lowest BCUT2D eigenvalue weighted by atomic mass is 9.87. The second kappa shape index (κ2) is 8.05. The molecule has 0 radical (unpaired) electrons. The SMILES string of the molecule is CC(C)(C)c1ccc(C(=O)NCCN(Cc2ccco2)S(C)(=O)=O)cc1. The van der Waals surface area contributed by atoms with Crippen molar-refractivity contribution in [1.82, 2.24) is 9.62 Å². The number of hydrogen-bond donors (Lipinski definition) is 1. The Kier molecular flexibility index (Phi) is 6.26. The lowest BCUT2D eigenvalue weighted by Gasteiger charge is -2.20. The number of nitrogens with one attached hydrogen (secondary N) is 1. The Bertz CT molecular complexity index is 819. The van der Waals surface area contributed by atoms with Gasteiger partial charge in [-0.05, 0) is 35.2 Å². The lowest BCUT2D eigenvalue weighted by Crippen LogP contribution is -2.37. The predicted octanol–water partition coefficient (Wildman–Crippen LogP) is 2.77. The van der Waals surface area contributed by atoms with Gasteiger partial charge in [0.15, 0.2) is 0 Å². The van der Waals surface area contributed by atoms with Crippen LogP contribution in [0.4, 0.5) is 0 Å². The Morgan fingerprint density at radius 3 is 2.31 bits per heavy atom. The van der Waals surface area contributed by atoms with E-state index in [9.17, 15) is 13.2 Å². The number of amides is 1. The van der Waals surface area contributed by atoms with Crippen molar-refractivity contribution in [3.8, 4) is 0 Å². The van der Waals surface area contributed by atoms with Crippen LogP contribution in [0.2, 0.25) is 0 Å². The summed E-state index contributed by atoms with van der Waals surface area (Å²) in [5.74, 6) is 0.330. The minimum atomic E-state index is -3.40. The molecular formula is C19H26N2O4S. The molecular weight excluding hydrogens is 352 g/mol. The van der Waals surface area contributed by atoms with Crippen LogP contribution >= 0.6 is 0 Å². The van der Waals surface area contributed by atoms with Gasteiger partial charge in [-0.25, -0.2) is 8.42 Å². The molecule has 0 saturated heterocycles. The van der Waals surface area contributed by atoms with Crippen molar-refractivity contribution in [2.24, 2.45) is 0 Å². The van der Waals surface area contributed by atoms with Gasteiger partial charge in [0, 0.05) is 18.7 Å². The van der Waals surface area contributed by atoms with Gasteiger partial charge in [0.1, 0.15) is 5.76 Å². The largest absolute Gasteiger partial charge is 0.468 e. The van der Waals surface area contributed by atoms with Crippen LogP contribution < -0.4 is 5.32 Å². The van der Waals surface area contributed by atoms with E-state index in [0.29, 0.717) is 11.3 Å². The number of rotatable bonds is 7. The maximum absolute atomic E-state index is 12.3. The van der Waals surface area contributed by atoms with Gasteiger partial charge < -0.3 is 9.73 Å². The molecule has 0 bridgehead atoms. The summed E-state index contributed by atoms with van der Waals surface area (Å²) in [6.07, 6.45) is 2.64. The molecule has 0 aliphatic carbocycles. The maximum Gasteiger partial charge on any atom is 0.251 e. The quantitative estimate of drug-likeness (QED) is 0.803. The molecule has 1 heterocycles. The Morgan fingerprint density at radius 2 is 1.81 bits per heavy atom. The monoisotopic (exact) mass is 378 g/mol. The summed E-state index contributed by atoms with van der Waals surface area (Å²) in [5, 5.41) is 2.76. The molecule has 0 aliphatic heterocycles. The first-order valence-electron chi connectivity index (χ1n) is 8.43. The van der Waals surface area contributed by atoms with Gasteiger partial charge in [0.2, 0.25) is 10.0 Å². The molecule has 1 amide bonds. The van der Waals surface area contributed by atoms with Gasteiger partial charge in [-0.15, -0.1) is 0 Å². The van der Waals surface area contributed by atoms with E-state index in [1.165, 1.54) is 10.6 Å². The minimum absolute atomic E-state index is 0.0246. The van der Waals surface area contributed by atoms with Crippen LogP contribution in [0, 0.1) is 0 Å². The summed E-state index contributed by atoms with van der Waals surface area (Å²) < 4.78 is 30.3. The van der Waals surface area contributed by atoms with Crippen molar-refractivity contribution >= 4 is 15.9 Å². The summed E-state index contributed by atoms with van der Waals surface area (Å²) >= 11 is 0. The van der Waals surface area contributed by atoms with Crippen molar-refractivity contribution in [1.29, 1.82) is 0 Å². The van der Waals surface area contributed by atoms with E-state index in [-0.39, 0.29) is 31.0 Å². The molecule has 0 aliphatic rings. The Balaban J connectivity index is 1.93. The standard InChI is InChI=1S/C19H26N2O4S/c1-19(2,3)16-9-7-15(8-10-16)18(22)20-11-12-21(26(4,23)24)14-17-6-5-13-25-17/h5-10,13H,11-12,14H2,1-4H3,(H,20,22). The first-order chi connectivity index (χ1) is 12.1. The molecule has 0 saturated carbocycles. The third-order valence-corrected chi connectivity index (χ3v) is 5.29. The van der Waals surface area contributed by atoms with Gasteiger partial charge in [-0.3, -0.25) is 4.79 Å². The Labute approximate surface area is 155 Å². The molecule has 0 unspecified atom stereocenters. The summed E-state index contributed by atoms with van der Waals surface area (Å²) in [5.41, 5.74) is 1.72. The Hall–Kier alpha value is -2.12. The van der Waals surface area contributed by atoms with E-state index in [4.69, 9.17) is 4.42 Å². The molecule has 142 valence electrons. The number of benzene rings is 1. The number of carbonyl (C=O) groups is 1. The summed E-state index contributed by atoms with van der Waals surface area (Å²) in [6, 6.07) is 10.9. The fraction of sp³-hybridized carbons (Fsp3) is 0.421. The highest BCUT2D eigenvalue weighted by atomic mass is 32.2. The highest BCUT2D eigenvalue weighted by molar-refractivity contribution is 7.88. The van der Waals surface area contributed by atoms with E-state index < -0.39 is 10.0 Å². The van der Waals surface area contributed by atoms with Gasteiger partial charge in [-0.2, -0.15) is 4.31 Å². The fourth-order valence-electron chi connectivity index (χ4n) is 2.46. The molecule has 26 heavy (non-hydrogen) atoms. The minimum Gasteiger partial charge on any atom is -0.468 e. The molecule has 0 atom stereocenters. The van der Waals surface area contributed by atoms with E-state index >= 15 is 0 Å². The highest BCUT2D eigenvalue weighted by Crippen LogP contribution is 2.22.